The van der Waals surface area contributed by atoms with Crippen molar-refractivity contribution in [2.24, 2.45) is 23.7 Å². The van der Waals surface area contributed by atoms with Crippen molar-refractivity contribution < 1.29 is 14.7 Å². The molecule has 1 aromatic carbocycles. The second-order valence-electron chi connectivity index (χ2n) is 7.72. The van der Waals surface area contributed by atoms with Crippen molar-refractivity contribution in [3.05, 3.63) is 35.4 Å². The standard InChI is InChI=1S/C20H25NO3/c22-19(18-16-6-3-7-17(16)18)21-10-8-13(9-11-21)12-14-4-1-2-5-15(14)20(23)24/h1-2,4-5,13,16-18H,3,6-12H2,(H,23,24). The molecule has 4 heteroatoms. The number of likely N-dealkylation sites (tertiary alicyclic amines) is 1. The molecule has 1 amide bonds. The van der Waals surface area contributed by atoms with E-state index in [4.69, 9.17) is 0 Å². The van der Waals surface area contributed by atoms with Gasteiger partial charge in [-0.25, -0.2) is 4.79 Å². The molecule has 1 aliphatic heterocycles. The first-order valence-corrected chi connectivity index (χ1v) is 9.25. The summed E-state index contributed by atoms with van der Waals surface area (Å²) >= 11 is 0. The lowest BCUT2D eigenvalue weighted by molar-refractivity contribution is -0.134. The van der Waals surface area contributed by atoms with Crippen molar-refractivity contribution in [1.82, 2.24) is 4.90 Å². The average molecular weight is 327 g/mol. The fourth-order valence-corrected chi connectivity index (χ4v) is 4.97. The van der Waals surface area contributed by atoms with Gasteiger partial charge in [-0.1, -0.05) is 24.6 Å². The molecule has 2 unspecified atom stereocenters. The summed E-state index contributed by atoms with van der Waals surface area (Å²) in [5.74, 6) is 1.75. The van der Waals surface area contributed by atoms with Crippen LogP contribution < -0.4 is 0 Å². The summed E-state index contributed by atoms with van der Waals surface area (Å²) in [6.45, 7) is 1.68. The highest BCUT2D eigenvalue weighted by Crippen LogP contribution is 2.58. The number of nitrogens with zero attached hydrogens (tertiary/aromatic N) is 1. The van der Waals surface area contributed by atoms with Gasteiger partial charge in [0.05, 0.1) is 5.56 Å². The molecule has 0 aromatic heterocycles. The zero-order chi connectivity index (χ0) is 16.7. The number of carboxylic acids is 1. The number of carboxylic acid groups (broad SMARTS) is 1. The van der Waals surface area contributed by atoms with Crippen LogP contribution in [-0.2, 0) is 11.2 Å². The first-order valence-electron chi connectivity index (χ1n) is 9.25. The minimum Gasteiger partial charge on any atom is -0.478 e. The molecule has 3 aliphatic rings. The van der Waals surface area contributed by atoms with Crippen molar-refractivity contribution in [1.29, 1.82) is 0 Å². The van der Waals surface area contributed by atoms with Gasteiger partial charge in [0.2, 0.25) is 5.91 Å². The maximum absolute atomic E-state index is 12.6. The molecule has 1 saturated heterocycles. The molecule has 2 saturated carbocycles. The molecule has 4 rings (SSSR count). The van der Waals surface area contributed by atoms with Gasteiger partial charge >= 0.3 is 5.97 Å². The van der Waals surface area contributed by atoms with E-state index in [0.29, 0.717) is 35.1 Å². The van der Waals surface area contributed by atoms with Gasteiger partial charge in [-0.3, -0.25) is 4.79 Å². The third-order valence-corrected chi connectivity index (χ3v) is 6.37. The van der Waals surface area contributed by atoms with Gasteiger partial charge in [-0.15, -0.1) is 0 Å². The molecular formula is C20H25NO3. The van der Waals surface area contributed by atoms with E-state index in [1.165, 1.54) is 19.3 Å². The number of amides is 1. The molecule has 4 nitrogen and oxygen atoms in total. The van der Waals surface area contributed by atoms with E-state index in [2.05, 4.69) is 4.90 Å². The minimum absolute atomic E-state index is 0.336. The van der Waals surface area contributed by atoms with Crippen LogP contribution >= 0.6 is 0 Å². The van der Waals surface area contributed by atoms with E-state index >= 15 is 0 Å². The third-order valence-electron chi connectivity index (χ3n) is 6.37. The Morgan fingerprint density at radius 3 is 2.38 bits per heavy atom. The van der Waals surface area contributed by atoms with E-state index in [-0.39, 0.29) is 0 Å². The lowest BCUT2D eigenvalue weighted by atomic mass is 9.88. The van der Waals surface area contributed by atoms with Gasteiger partial charge in [-0.2, -0.15) is 0 Å². The summed E-state index contributed by atoms with van der Waals surface area (Å²) in [6, 6.07) is 7.29. The van der Waals surface area contributed by atoms with Crippen LogP contribution in [0.1, 0.15) is 48.0 Å². The van der Waals surface area contributed by atoms with Crippen LogP contribution in [-0.4, -0.2) is 35.0 Å². The van der Waals surface area contributed by atoms with Gasteiger partial charge in [0.15, 0.2) is 0 Å². The summed E-state index contributed by atoms with van der Waals surface area (Å²) < 4.78 is 0. The predicted molar refractivity (Wildman–Crippen MR) is 90.7 cm³/mol. The largest absolute Gasteiger partial charge is 0.478 e. The SMILES string of the molecule is O=C(O)c1ccccc1CC1CCN(C(=O)C2C3CCCC32)CC1. The third kappa shape index (κ3) is 2.83. The van der Waals surface area contributed by atoms with Crippen LogP contribution in [0.15, 0.2) is 24.3 Å². The highest BCUT2D eigenvalue weighted by molar-refractivity contribution is 5.89. The lowest BCUT2D eigenvalue weighted by Gasteiger charge is -2.32. The van der Waals surface area contributed by atoms with E-state index < -0.39 is 5.97 Å². The monoisotopic (exact) mass is 327 g/mol. The second kappa shape index (κ2) is 6.23. The summed E-state index contributed by atoms with van der Waals surface area (Å²) in [4.78, 5) is 26.0. The highest BCUT2D eigenvalue weighted by Gasteiger charge is 2.57. The molecular weight excluding hydrogens is 302 g/mol. The van der Waals surface area contributed by atoms with Crippen LogP contribution in [0.2, 0.25) is 0 Å². The number of hydrogen-bond donors (Lipinski definition) is 1. The number of carbonyl (C=O) groups excluding carboxylic acids is 1. The van der Waals surface area contributed by atoms with Crippen LogP contribution in [0, 0.1) is 23.7 Å². The molecule has 0 bridgehead atoms. The Labute approximate surface area is 142 Å². The zero-order valence-electron chi connectivity index (χ0n) is 14.0. The fourth-order valence-electron chi connectivity index (χ4n) is 4.97. The molecule has 2 aliphatic carbocycles. The number of rotatable bonds is 4. The van der Waals surface area contributed by atoms with E-state index in [1.807, 2.05) is 12.1 Å². The minimum atomic E-state index is -0.849. The number of piperidine rings is 1. The second-order valence-corrected chi connectivity index (χ2v) is 7.72. The highest BCUT2D eigenvalue weighted by atomic mass is 16.4. The normalized spacial score (nSPS) is 29.3. The summed E-state index contributed by atoms with van der Waals surface area (Å²) in [6.07, 6.45) is 6.60. The van der Waals surface area contributed by atoms with Crippen LogP contribution in [0.5, 0.6) is 0 Å². The quantitative estimate of drug-likeness (QED) is 0.924. The summed E-state index contributed by atoms with van der Waals surface area (Å²) in [5, 5.41) is 9.30. The summed E-state index contributed by atoms with van der Waals surface area (Å²) in [7, 11) is 0. The van der Waals surface area contributed by atoms with Crippen molar-refractivity contribution >= 4 is 11.9 Å². The Kier molecular flexibility index (Phi) is 4.07. The van der Waals surface area contributed by atoms with Gasteiger partial charge in [0.25, 0.3) is 0 Å². The van der Waals surface area contributed by atoms with Crippen molar-refractivity contribution in [2.75, 3.05) is 13.1 Å². The number of fused-ring (bicyclic) bond motifs is 1. The van der Waals surface area contributed by atoms with E-state index in [9.17, 15) is 14.7 Å². The molecule has 24 heavy (non-hydrogen) atoms. The Bertz CT molecular complexity index is 638. The first-order chi connectivity index (χ1) is 11.6. The van der Waals surface area contributed by atoms with Crippen molar-refractivity contribution in [3.8, 4) is 0 Å². The van der Waals surface area contributed by atoms with E-state index in [1.54, 1.807) is 12.1 Å². The van der Waals surface area contributed by atoms with Crippen molar-refractivity contribution in [2.45, 2.75) is 38.5 Å². The van der Waals surface area contributed by atoms with E-state index in [0.717, 1.165) is 37.9 Å². The van der Waals surface area contributed by atoms with Gasteiger partial charge in [0.1, 0.15) is 0 Å². The fraction of sp³-hybridized carbons (Fsp3) is 0.600. The number of hydrogen-bond acceptors (Lipinski definition) is 2. The topological polar surface area (TPSA) is 57.6 Å². The number of aromatic carboxylic acids is 1. The Morgan fingerprint density at radius 2 is 1.71 bits per heavy atom. The Balaban J connectivity index is 1.32. The maximum Gasteiger partial charge on any atom is 0.335 e. The van der Waals surface area contributed by atoms with Gasteiger partial charge < -0.3 is 10.0 Å². The smallest absolute Gasteiger partial charge is 0.335 e. The Morgan fingerprint density at radius 1 is 1.04 bits per heavy atom. The van der Waals surface area contributed by atoms with Gasteiger partial charge in [0, 0.05) is 19.0 Å². The average Bonchev–Trinajstić information content (AvgIpc) is 3.07. The molecule has 0 spiro atoms. The first kappa shape index (κ1) is 15.7. The van der Waals surface area contributed by atoms with Crippen LogP contribution in [0.25, 0.3) is 0 Å². The number of carbonyl (C=O) groups is 2. The predicted octanol–water partition coefficient (Wildman–Crippen LogP) is 3.21. The maximum atomic E-state index is 12.6. The molecule has 1 N–H and O–H groups in total. The van der Waals surface area contributed by atoms with Crippen molar-refractivity contribution in [3.63, 3.8) is 0 Å². The molecule has 1 aromatic rings. The molecule has 128 valence electrons. The summed E-state index contributed by atoms with van der Waals surface area (Å²) in [5.41, 5.74) is 1.34. The zero-order valence-corrected chi connectivity index (χ0v) is 14.0. The molecule has 2 atom stereocenters. The van der Waals surface area contributed by atoms with Crippen LogP contribution in [0.3, 0.4) is 0 Å². The van der Waals surface area contributed by atoms with Gasteiger partial charge in [-0.05, 0) is 61.5 Å². The molecule has 0 radical (unpaired) electrons. The Hall–Kier alpha value is -1.84. The van der Waals surface area contributed by atoms with Crippen LogP contribution in [0.4, 0.5) is 0 Å². The molecule has 3 fully saturated rings. The number of benzene rings is 1. The lowest BCUT2D eigenvalue weighted by Crippen LogP contribution is -2.40. The molecule has 1 heterocycles.